The molecule has 1 saturated heterocycles. The van der Waals surface area contributed by atoms with Crippen LogP contribution < -0.4 is 10.2 Å². The zero-order chi connectivity index (χ0) is 19.4. The van der Waals surface area contributed by atoms with Gasteiger partial charge in [0.2, 0.25) is 0 Å². The number of carbonyl (C=O) groups is 1. The van der Waals surface area contributed by atoms with E-state index in [1.54, 1.807) is 17.0 Å². The number of rotatable bonds is 5. The minimum Gasteiger partial charge on any atom is -0.451 e. The highest BCUT2D eigenvalue weighted by Gasteiger charge is 2.42. The number of ether oxygens (including phenoxy) is 1. The molecule has 0 radical (unpaired) electrons. The van der Waals surface area contributed by atoms with Crippen molar-refractivity contribution in [2.75, 3.05) is 32.8 Å². The van der Waals surface area contributed by atoms with Crippen molar-refractivity contribution < 1.29 is 18.8 Å². The Hall–Kier alpha value is -1.82. The fourth-order valence-electron chi connectivity index (χ4n) is 4.63. The van der Waals surface area contributed by atoms with Crippen molar-refractivity contribution in [2.24, 2.45) is 0 Å². The SMILES string of the molecule is O=C(NCC1([NH+]2CCOCC2)CCCCC1)c1ccc(-c2ccccc2Cl)o1. The number of halogens is 1. The number of benzene rings is 1. The number of carbonyl (C=O) groups excluding carboxylic acids is 1. The number of quaternary nitrogens is 1. The Labute approximate surface area is 171 Å². The summed E-state index contributed by atoms with van der Waals surface area (Å²) in [6.07, 6.45) is 6.07. The molecule has 2 N–H and O–H groups in total. The summed E-state index contributed by atoms with van der Waals surface area (Å²) in [5, 5.41) is 3.77. The summed E-state index contributed by atoms with van der Waals surface area (Å²) < 4.78 is 11.4. The highest BCUT2D eigenvalue weighted by molar-refractivity contribution is 6.33. The number of hydrogen-bond donors (Lipinski definition) is 2. The molecule has 6 heteroatoms. The van der Waals surface area contributed by atoms with E-state index < -0.39 is 0 Å². The van der Waals surface area contributed by atoms with Crippen LogP contribution >= 0.6 is 11.6 Å². The first-order valence-electron chi connectivity index (χ1n) is 10.2. The Morgan fingerprint density at radius 2 is 1.82 bits per heavy atom. The lowest BCUT2D eigenvalue weighted by molar-refractivity contribution is -0.960. The van der Waals surface area contributed by atoms with Crippen LogP contribution in [0.2, 0.25) is 5.02 Å². The van der Waals surface area contributed by atoms with E-state index in [9.17, 15) is 4.79 Å². The van der Waals surface area contributed by atoms with Gasteiger partial charge in [0.05, 0.1) is 24.8 Å². The third kappa shape index (κ3) is 4.12. The molecule has 0 atom stereocenters. The largest absolute Gasteiger partial charge is 0.451 e. The lowest BCUT2D eigenvalue weighted by Gasteiger charge is -2.44. The lowest BCUT2D eigenvalue weighted by atomic mass is 9.79. The third-order valence-electron chi connectivity index (χ3n) is 6.21. The van der Waals surface area contributed by atoms with E-state index >= 15 is 0 Å². The fourth-order valence-corrected chi connectivity index (χ4v) is 4.86. The molecule has 1 aromatic carbocycles. The quantitative estimate of drug-likeness (QED) is 0.807. The van der Waals surface area contributed by atoms with Crippen LogP contribution in [-0.4, -0.2) is 44.3 Å². The first-order chi connectivity index (χ1) is 13.7. The van der Waals surface area contributed by atoms with Crippen molar-refractivity contribution >= 4 is 17.5 Å². The standard InChI is InChI=1S/C22H27ClN2O3/c23-18-7-3-2-6-17(18)19-8-9-20(28-19)21(26)24-16-22(10-4-1-5-11-22)25-12-14-27-15-13-25/h2-3,6-9H,1,4-5,10-16H2,(H,24,26)/p+1. The maximum atomic E-state index is 12.8. The molecule has 28 heavy (non-hydrogen) atoms. The van der Waals surface area contributed by atoms with E-state index in [0.29, 0.717) is 23.1 Å². The Bertz CT molecular complexity index is 808. The van der Waals surface area contributed by atoms with Crippen molar-refractivity contribution in [1.82, 2.24) is 5.32 Å². The van der Waals surface area contributed by atoms with Gasteiger partial charge < -0.3 is 19.4 Å². The summed E-state index contributed by atoms with van der Waals surface area (Å²) >= 11 is 6.24. The van der Waals surface area contributed by atoms with Crippen LogP contribution in [0.25, 0.3) is 11.3 Å². The highest BCUT2D eigenvalue weighted by atomic mass is 35.5. The van der Waals surface area contributed by atoms with Crippen molar-refractivity contribution in [3.8, 4) is 11.3 Å². The zero-order valence-electron chi connectivity index (χ0n) is 16.1. The van der Waals surface area contributed by atoms with Crippen LogP contribution in [0.5, 0.6) is 0 Å². The molecule has 1 amide bonds. The van der Waals surface area contributed by atoms with Gasteiger partial charge in [-0.15, -0.1) is 0 Å². The lowest BCUT2D eigenvalue weighted by Crippen LogP contribution is -3.23. The van der Waals surface area contributed by atoms with E-state index in [-0.39, 0.29) is 11.4 Å². The molecule has 2 aliphatic rings. The molecule has 1 aromatic heterocycles. The Kier molecular flexibility index (Phi) is 6.04. The summed E-state index contributed by atoms with van der Waals surface area (Å²) in [6.45, 7) is 4.35. The summed E-state index contributed by atoms with van der Waals surface area (Å²) in [6, 6.07) is 11.0. The molecule has 1 aliphatic carbocycles. The molecule has 0 bridgehead atoms. The summed E-state index contributed by atoms with van der Waals surface area (Å²) in [4.78, 5) is 14.3. The molecule has 1 saturated carbocycles. The van der Waals surface area contributed by atoms with E-state index in [0.717, 1.165) is 44.7 Å². The number of hydrogen-bond acceptors (Lipinski definition) is 3. The number of furan rings is 1. The highest BCUT2D eigenvalue weighted by Crippen LogP contribution is 2.29. The van der Waals surface area contributed by atoms with Crippen LogP contribution in [0.4, 0.5) is 0 Å². The first kappa shape index (κ1) is 19.5. The van der Waals surface area contributed by atoms with Gasteiger partial charge in [0.15, 0.2) is 5.76 Å². The molecule has 5 nitrogen and oxygen atoms in total. The number of morpholine rings is 1. The van der Waals surface area contributed by atoms with Crippen molar-refractivity contribution in [3.63, 3.8) is 0 Å². The topological polar surface area (TPSA) is 55.9 Å². The van der Waals surface area contributed by atoms with Gasteiger partial charge >= 0.3 is 0 Å². The Morgan fingerprint density at radius 3 is 2.57 bits per heavy atom. The average Bonchev–Trinajstić information content (AvgIpc) is 3.24. The molecular formula is C22H28ClN2O3+. The Balaban J connectivity index is 1.45. The molecular weight excluding hydrogens is 376 g/mol. The van der Waals surface area contributed by atoms with Gasteiger partial charge in [-0.25, -0.2) is 0 Å². The fraction of sp³-hybridized carbons (Fsp3) is 0.500. The monoisotopic (exact) mass is 403 g/mol. The zero-order valence-corrected chi connectivity index (χ0v) is 16.9. The first-order valence-corrected chi connectivity index (χ1v) is 10.6. The second-order valence-electron chi connectivity index (χ2n) is 7.88. The molecule has 0 unspecified atom stereocenters. The second-order valence-corrected chi connectivity index (χ2v) is 8.29. The average molecular weight is 404 g/mol. The summed E-state index contributed by atoms with van der Waals surface area (Å²) in [5.41, 5.74) is 0.917. The van der Waals surface area contributed by atoms with E-state index in [1.807, 2.05) is 24.3 Å². The minimum absolute atomic E-state index is 0.121. The summed E-state index contributed by atoms with van der Waals surface area (Å²) in [7, 11) is 0. The third-order valence-corrected chi connectivity index (χ3v) is 6.54. The van der Waals surface area contributed by atoms with Crippen LogP contribution in [0.15, 0.2) is 40.8 Å². The molecule has 1 aliphatic heterocycles. The molecule has 150 valence electrons. The van der Waals surface area contributed by atoms with Crippen molar-refractivity contribution in [1.29, 1.82) is 0 Å². The predicted molar refractivity (Wildman–Crippen MR) is 109 cm³/mol. The van der Waals surface area contributed by atoms with Crippen LogP contribution in [0.3, 0.4) is 0 Å². The van der Waals surface area contributed by atoms with Crippen LogP contribution in [0, 0.1) is 0 Å². The van der Waals surface area contributed by atoms with Crippen molar-refractivity contribution in [3.05, 3.63) is 47.2 Å². The summed E-state index contributed by atoms with van der Waals surface area (Å²) in [5.74, 6) is 0.788. The van der Waals surface area contributed by atoms with Gasteiger partial charge in [0.25, 0.3) is 5.91 Å². The normalized spacial score (nSPS) is 20.0. The molecule has 2 heterocycles. The van der Waals surface area contributed by atoms with Crippen molar-refractivity contribution in [2.45, 2.75) is 37.6 Å². The van der Waals surface area contributed by atoms with E-state index in [2.05, 4.69) is 5.32 Å². The Morgan fingerprint density at radius 1 is 1.07 bits per heavy atom. The van der Waals surface area contributed by atoms with Gasteiger partial charge in [0, 0.05) is 18.4 Å². The smallest absolute Gasteiger partial charge is 0.287 e. The maximum absolute atomic E-state index is 12.8. The van der Waals surface area contributed by atoms with Gasteiger partial charge in [0.1, 0.15) is 24.4 Å². The minimum atomic E-state index is -0.157. The molecule has 2 aromatic rings. The molecule has 2 fully saturated rings. The van der Waals surface area contributed by atoms with Gasteiger partial charge in [-0.1, -0.05) is 30.2 Å². The van der Waals surface area contributed by atoms with E-state index in [1.165, 1.54) is 19.3 Å². The van der Waals surface area contributed by atoms with Gasteiger partial charge in [-0.05, 0) is 37.1 Å². The molecule has 4 rings (SSSR count). The predicted octanol–water partition coefficient (Wildman–Crippen LogP) is 2.95. The maximum Gasteiger partial charge on any atom is 0.287 e. The number of amides is 1. The molecule has 0 spiro atoms. The van der Waals surface area contributed by atoms with Gasteiger partial charge in [-0.2, -0.15) is 0 Å². The van der Waals surface area contributed by atoms with Crippen LogP contribution in [-0.2, 0) is 4.74 Å². The van der Waals surface area contributed by atoms with Gasteiger partial charge in [-0.3, -0.25) is 4.79 Å². The van der Waals surface area contributed by atoms with Crippen LogP contribution in [0.1, 0.15) is 42.7 Å². The second kappa shape index (κ2) is 8.68. The van der Waals surface area contributed by atoms with E-state index in [4.69, 9.17) is 20.8 Å². The number of nitrogens with one attached hydrogen (secondary N) is 2.